The number of nitrogens with zero attached hydrogens (tertiary/aromatic N) is 1. The van der Waals surface area contributed by atoms with Gasteiger partial charge in [0, 0.05) is 17.1 Å². The van der Waals surface area contributed by atoms with Crippen LogP contribution in [0.1, 0.15) is 12.8 Å². The molecule has 3 nitrogen and oxygen atoms in total. The molecule has 0 spiro atoms. The third-order valence-corrected chi connectivity index (χ3v) is 3.86. The van der Waals surface area contributed by atoms with Crippen LogP contribution >= 0.6 is 15.9 Å². The largest absolute Gasteiger partial charge is 0.492 e. The monoisotopic (exact) mass is 312 g/mol. The van der Waals surface area contributed by atoms with Crippen LogP contribution in [0.2, 0.25) is 0 Å². The van der Waals surface area contributed by atoms with Crippen molar-refractivity contribution in [3.8, 4) is 5.75 Å². The molecule has 18 heavy (non-hydrogen) atoms. The lowest BCUT2D eigenvalue weighted by atomic mass is 10.1. The van der Waals surface area contributed by atoms with E-state index in [9.17, 15) is 0 Å². The van der Waals surface area contributed by atoms with Gasteiger partial charge in [0.15, 0.2) is 0 Å². The summed E-state index contributed by atoms with van der Waals surface area (Å²) in [5.74, 6) is 0.934. The number of ether oxygens (including phenoxy) is 1. The topological polar surface area (TPSA) is 24.5 Å². The summed E-state index contributed by atoms with van der Waals surface area (Å²) in [7, 11) is 2.19. The van der Waals surface area contributed by atoms with Crippen LogP contribution in [-0.2, 0) is 0 Å². The second kappa shape index (κ2) is 7.12. The van der Waals surface area contributed by atoms with Crippen molar-refractivity contribution in [2.24, 2.45) is 0 Å². The van der Waals surface area contributed by atoms with E-state index in [1.807, 2.05) is 24.3 Å². The highest BCUT2D eigenvalue weighted by Gasteiger charge is 2.15. The fraction of sp³-hybridized carbons (Fsp3) is 0.571. The summed E-state index contributed by atoms with van der Waals surface area (Å²) in [6, 6.07) is 8.63. The van der Waals surface area contributed by atoms with Crippen molar-refractivity contribution in [1.29, 1.82) is 0 Å². The van der Waals surface area contributed by atoms with Gasteiger partial charge in [-0.25, -0.2) is 0 Å². The molecule has 0 aromatic heterocycles. The number of benzene rings is 1. The third kappa shape index (κ3) is 4.59. The number of hydrogen-bond donors (Lipinski definition) is 1. The predicted octanol–water partition coefficient (Wildman–Crippen LogP) is 2.51. The summed E-state index contributed by atoms with van der Waals surface area (Å²) in [4.78, 5) is 2.39. The molecule has 1 aromatic carbocycles. The Morgan fingerprint density at radius 2 is 1.94 bits per heavy atom. The highest BCUT2D eigenvalue weighted by atomic mass is 79.9. The molecular formula is C14H21BrN2O. The number of rotatable bonds is 5. The van der Waals surface area contributed by atoms with Gasteiger partial charge in [-0.2, -0.15) is 0 Å². The predicted molar refractivity (Wildman–Crippen MR) is 78.2 cm³/mol. The van der Waals surface area contributed by atoms with Gasteiger partial charge in [-0.05, 0) is 57.2 Å². The van der Waals surface area contributed by atoms with E-state index in [4.69, 9.17) is 4.74 Å². The van der Waals surface area contributed by atoms with E-state index in [0.717, 1.165) is 23.4 Å². The molecule has 1 fully saturated rings. The maximum absolute atomic E-state index is 5.68. The minimum atomic E-state index is 0.662. The first-order chi connectivity index (χ1) is 8.74. The van der Waals surface area contributed by atoms with E-state index in [1.165, 1.54) is 25.9 Å². The van der Waals surface area contributed by atoms with Gasteiger partial charge in [-0.1, -0.05) is 15.9 Å². The van der Waals surface area contributed by atoms with Crippen LogP contribution in [-0.4, -0.2) is 44.2 Å². The van der Waals surface area contributed by atoms with E-state index in [2.05, 4.69) is 33.2 Å². The third-order valence-electron chi connectivity index (χ3n) is 3.34. The molecule has 1 aliphatic rings. The molecule has 100 valence electrons. The van der Waals surface area contributed by atoms with Crippen LogP contribution < -0.4 is 10.1 Å². The zero-order chi connectivity index (χ0) is 12.8. The average molecular weight is 313 g/mol. The molecule has 1 heterocycles. The molecular weight excluding hydrogens is 292 g/mol. The van der Waals surface area contributed by atoms with Gasteiger partial charge in [-0.3, -0.25) is 0 Å². The van der Waals surface area contributed by atoms with Crippen LogP contribution in [0.3, 0.4) is 0 Å². The molecule has 1 aromatic rings. The van der Waals surface area contributed by atoms with Gasteiger partial charge in [0.1, 0.15) is 12.4 Å². The minimum Gasteiger partial charge on any atom is -0.492 e. The van der Waals surface area contributed by atoms with Gasteiger partial charge in [0.05, 0.1) is 0 Å². The average Bonchev–Trinajstić information content (AvgIpc) is 2.39. The maximum Gasteiger partial charge on any atom is 0.119 e. The zero-order valence-electron chi connectivity index (χ0n) is 10.9. The van der Waals surface area contributed by atoms with Crippen molar-refractivity contribution in [2.45, 2.75) is 18.9 Å². The van der Waals surface area contributed by atoms with Crippen molar-refractivity contribution >= 4 is 15.9 Å². The Hall–Kier alpha value is -0.580. The summed E-state index contributed by atoms with van der Waals surface area (Å²) in [6.07, 6.45) is 2.49. The lowest BCUT2D eigenvalue weighted by molar-refractivity contribution is 0.224. The number of piperidine rings is 1. The Labute approximate surface area is 118 Å². The van der Waals surface area contributed by atoms with E-state index in [0.29, 0.717) is 6.04 Å². The Bertz CT molecular complexity index is 347. The van der Waals surface area contributed by atoms with Gasteiger partial charge >= 0.3 is 0 Å². The molecule has 0 radical (unpaired) electrons. The Morgan fingerprint density at radius 1 is 1.28 bits per heavy atom. The molecule has 2 rings (SSSR count). The van der Waals surface area contributed by atoms with Crippen LogP contribution in [0.5, 0.6) is 5.75 Å². The van der Waals surface area contributed by atoms with Crippen molar-refractivity contribution in [2.75, 3.05) is 33.3 Å². The molecule has 0 aliphatic carbocycles. The summed E-state index contributed by atoms with van der Waals surface area (Å²) < 4.78 is 6.76. The Morgan fingerprint density at radius 3 is 2.61 bits per heavy atom. The normalized spacial score (nSPS) is 17.9. The smallest absolute Gasteiger partial charge is 0.119 e. The van der Waals surface area contributed by atoms with Crippen molar-refractivity contribution in [3.63, 3.8) is 0 Å². The van der Waals surface area contributed by atoms with E-state index >= 15 is 0 Å². The van der Waals surface area contributed by atoms with E-state index in [-0.39, 0.29) is 0 Å². The quantitative estimate of drug-likeness (QED) is 0.846. The lowest BCUT2D eigenvalue weighted by Gasteiger charge is -2.29. The molecule has 0 amide bonds. The second-order valence-corrected chi connectivity index (χ2v) is 5.75. The fourth-order valence-corrected chi connectivity index (χ4v) is 2.44. The molecule has 1 N–H and O–H groups in total. The minimum absolute atomic E-state index is 0.662. The van der Waals surface area contributed by atoms with Crippen LogP contribution in [0, 0.1) is 0 Å². The van der Waals surface area contributed by atoms with Gasteiger partial charge in [0.25, 0.3) is 0 Å². The summed E-state index contributed by atoms with van der Waals surface area (Å²) in [6.45, 7) is 4.05. The molecule has 0 unspecified atom stereocenters. The highest BCUT2D eigenvalue weighted by Crippen LogP contribution is 2.15. The van der Waals surface area contributed by atoms with Crippen LogP contribution in [0.4, 0.5) is 0 Å². The summed E-state index contributed by atoms with van der Waals surface area (Å²) in [5, 5.41) is 3.56. The fourth-order valence-electron chi connectivity index (χ4n) is 2.18. The molecule has 0 bridgehead atoms. The van der Waals surface area contributed by atoms with Gasteiger partial charge in [-0.15, -0.1) is 0 Å². The SMILES string of the molecule is CN1CCC(NCCOc2ccc(Br)cc2)CC1. The van der Waals surface area contributed by atoms with Crippen molar-refractivity contribution in [3.05, 3.63) is 28.7 Å². The van der Waals surface area contributed by atoms with Crippen LogP contribution in [0.25, 0.3) is 0 Å². The zero-order valence-corrected chi connectivity index (χ0v) is 12.4. The molecule has 4 heteroatoms. The maximum atomic E-state index is 5.68. The molecule has 1 aliphatic heterocycles. The highest BCUT2D eigenvalue weighted by molar-refractivity contribution is 9.10. The van der Waals surface area contributed by atoms with Gasteiger partial charge < -0.3 is 15.0 Å². The molecule has 1 saturated heterocycles. The van der Waals surface area contributed by atoms with E-state index < -0.39 is 0 Å². The number of likely N-dealkylation sites (tertiary alicyclic amines) is 1. The lowest BCUT2D eigenvalue weighted by Crippen LogP contribution is -2.42. The first-order valence-corrected chi connectivity index (χ1v) is 7.33. The van der Waals surface area contributed by atoms with E-state index in [1.54, 1.807) is 0 Å². The number of hydrogen-bond acceptors (Lipinski definition) is 3. The number of nitrogens with one attached hydrogen (secondary N) is 1. The Kier molecular flexibility index (Phi) is 5.47. The summed E-state index contributed by atoms with van der Waals surface area (Å²) >= 11 is 3.41. The van der Waals surface area contributed by atoms with Crippen molar-refractivity contribution in [1.82, 2.24) is 10.2 Å². The second-order valence-electron chi connectivity index (χ2n) is 4.83. The summed E-state index contributed by atoms with van der Waals surface area (Å²) in [5.41, 5.74) is 0. The first kappa shape index (κ1) is 13.8. The van der Waals surface area contributed by atoms with Crippen molar-refractivity contribution < 1.29 is 4.74 Å². The van der Waals surface area contributed by atoms with Crippen LogP contribution in [0.15, 0.2) is 28.7 Å². The Balaban J connectivity index is 1.60. The standard InChI is InChI=1S/C14H21BrN2O/c1-17-9-6-13(7-10-17)16-8-11-18-14-4-2-12(15)3-5-14/h2-5,13,16H,6-11H2,1H3. The first-order valence-electron chi connectivity index (χ1n) is 6.54. The molecule has 0 saturated carbocycles. The number of halogens is 1. The van der Waals surface area contributed by atoms with Gasteiger partial charge in [0.2, 0.25) is 0 Å². The molecule has 0 atom stereocenters.